The molecule has 0 aliphatic rings. The smallest absolute Gasteiger partial charge is 0.0645 e. The highest BCUT2D eigenvalue weighted by Gasteiger charge is 1.95. The second-order valence-electron chi connectivity index (χ2n) is 3.09. The van der Waals surface area contributed by atoms with Crippen molar-refractivity contribution in [2.45, 2.75) is 6.42 Å². The second kappa shape index (κ2) is 4.33. The summed E-state index contributed by atoms with van der Waals surface area (Å²) in [6, 6.07) is 10.3. The third-order valence-corrected chi connectivity index (χ3v) is 2.33. The summed E-state index contributed by atoms with van der Waals surface area (Å²) in [6.07, 6.45) is 4.73. The van der Waals surface area contributed by atoms with Crippen molar-refractivity contribution in [2.24, 2.45) is 0 Å². The molecule has 14 heavy (non-hydrogen) atoms. The van der Waals surface area contributed by atoms with Crippen LogP contribution in [0.5, 0.6) is 0 Å². The Morgan fingerprint density at radius 1 is 1.21 bits per heavy atom. The van der Waals surface area contributed by atoms with E-state index in [1.165, 1.54) is 5.56 Å². The number of benzene rings is 1. The summed E-state index contributed by atoms with van der Waals surface area (Å²) in [6.45, 7) is 0. The summed E-state index contributed by atoms with van der Waals surface area (Å²) < 4.78 is 1.85. The molecule has 3 heteroatoms. The van der Waals surface area contributed by atoms with Crippen molar-refractivity contribution in [1.82, 2.24) is 9.78 Å². The minimum absolute atomic E-state index is 0.890. The first-order valence-electron chi connectivity index (χ1n) is 4.60. The van der Waals surface area contributed by atoms with Gasteiger partial charge in [0.15, 0.2) is 0 Å². The van der Waals surface area contributed by atoms with E-state index >= 15 is 0 Å². The van der Waals surface area contributed by atoms with Crippen LogP contribution in [-0.2, 0) is 6.42 Å². The number of nitrogens with zero attached hydrogens (tertiary/aromatic N) is 2. The molecule has 1 aromatic carbocycles. The van der Waals surface area contributed by atoms with Crippen LogP contribution in [0.15, 0.2) is 42.7 Å². The molecule has 0 spiro atoms. The maximum absolute atomic E-state index is 4.20. The predicted molar refractivity (Wildman–Crippen MR) is 61.1 cm³/mol. The molecule has 0 bridgehead atoms. The van der Waals surface area contributed by atoms with E-state index in [4.69, 9.17) is 0 Å². The summed E-state index contributed by atoms with van der Waals surface area (Å²) in [4.78, 5) is 0. The Balaban J connectivity index is 2.22. The largest absolute Gasteiger partial charge is 0.241 e. The summed E-state index contributed by atoms with van der Waals surface area (Å²) in [5.74, 6) is 0.890. The lowest BCUT2D eigenvalue weighted by Crippen LogP contribution is -1.94. The highest BCUT2D eigenvalue weighted by Crippen LogP contribution is 2.09. The molecular formula is C11H12N2S. The van der Waals surface area contributed by atoms with Crippen molar-refractivity contribution >= 4 is 12.6 Å². The number of thiol groups is 1. The van der Waals surface area contributed by atoms with Crippen LogP contribution < -0.4 is 0 Å². The molecule has 0 aliphatic heterocycles. The van der Waals surface area contributed by atoms with E-state index in [1.807, 2.05) is 16.9 Å². The SMILES string of the molecule is SCCc1ccc(-n2cccn2)cc1. The summed E-state index contributed by atoms with van der Waals surface area (Å²) >= 11 is 4.20. The molecule has 0 unspecified atom stereocenters. The minimum atomic E-state index is 0.890. The molecule has 0 aliphatic carbocycles. The second-order valence-corrected chi connectivity index (χ2v) is 3.54. The fraction of sp³-hybridized carbons (Fsp3) is 0.182. The molecular weight excluding hydrogens is 192 g/mol. The summed E-state index contributed by atoms with van der Waals surface area (Å²) in [7, 11) is 0. The van der Waals surface area contributed by atoms with Crippen molar-refractivity contribution in [1.29, 1.82) is 0 Å². The average Bonchev–Trinajstić information content (AvgIpc) is 2.72. The van der Waals surface area contributed by atoms with Crippen molar-refractivity contribution in [2.75, 3.05) is 5.75 Å². The van der Waals surface area contributed by atoms with E-state index in [0.29, 0.717) is 0 Å². The van der Waals surface area contributed by atoms with Crippen molar-refractivity contribution in [3.8, 4) is 5.69 Å². The maximum Gasteiger partial charge on any atom is 0.0645 e. The third-order valence-electron chi connectivity index (χ3n) is 2.11. The molecule has 2 rings (SSSR count). The molecule has 2 nitrogen and oxygen atoms in total. The zero-order valence-corrected chi connectivity index (χ0v) is 8.69. The molecule has 0 saturated heterocycles. The lowest BCUT2D eigenvalue weighted by atomic mass is 10.1. The van der Waals surface area contributed by atoms with Gasteiger partial charge in [-0.15, -0.1) is 0 Å². The molecule has 0 atom stereocenters. The van der Waals surface area contributed by atoms with Crippen LogP contribution in [0.4, 0.5) is 0 Å². The quantitative estimate of drug-likeness (QED) is 0.760. The van der Waals surface area contributed by atoms with Gasteiger partial charge in [-0.05, 0) is 35.9 Å². The molecule has 0 fully saturated rings. The van der Waals surface area contributed by atoms with Crippen molar-refractivity contribution in [3.63, 3.8) is 0 Å². The van der Waals surface area contributed by atoms with Crippen LogP contribution in [0.1, 0.15) is 5.56 Å². The van der Waals surface area contributed by atoms with Crippen LogP contribution in [0.25, 0.3) is 5.69 Å². The van der Waals surface area contributed by atoms with Crippen molar-refractivity contribution in [3.05, 3.63) is 48.3 Å². The fourth-order valence-corrected chi connectivity index (χ4v) is 1.62. The van der Waals surface area contributed by atoms with Gasteiger partial charge in [-0.3, -0.25) is 0 Å². The third kappa shape index (κ3) is 1.99. The Labute approximate surface area is 89.0 Å². The predicted octanol–water partition coefficient (Wildman–Crippen LogP) is 2.34. The van der Waals surface area contributed by atoms with Gasteiger partial charge in [-0.2, -0.15) is 17.7 Å². The number of aromatic nitrogens is 2. The maximum atomic E-state index is 4.20. The molecule has 72 valence electrons. The van der Waals surface area contributed by atoms with Gasteiger partial charge >= 0.3 is 0 Å². The van der Waals surface area contributed by atoms with Gasteiger partial charge in [0, 0.05) is 12.4 Å². The normalized spacial score (nSPS) is 10.4. The minimum Gasteiger partial charge on any atom is -0.241 e. The van der Waals surface area contributed by atoms with Gasteiger partial charge < -0.3 is 0 Å². The Kier molecular flexibility index (Phi) is 2.89. The summed E-state index contributed by atoms with van der Waals surface area (Å²) in [5, 5.41) is 4.16. The fourth-order valence-electron chi connectivity index (χ4n) is 1.37. The lowest BCUT2D eigenvalue weighted by Gasteiger charge is -2.02. The van der Waals surface area contributed by atoms with Gasteiger partial charge in [0.05, 0.1) is 5.69 Å². The van der Waals surface area contributed by atoms with E-state index in [9.17, 15) is 0 Å². The number of rotatable bonds is 3. The van der Waals surface area contributed by atoms with Crippen LogP contribution >= 0.6 is 12.6 Å². The highest BCUT2D eigenvalue weighted by molar-refractivity contribution is 7.80. The zero-order valence-electron chi connectivity index (χ0n) is 7.80. The number of aryl methyl sites for hydroxylation is 1. The molecule has 2 aromatic rings. The Morgan fingerprint density at radius 3 is 2.57 bits per heavy atom. The molecule has 0 saturated carbocycles. The van der Waals surface area contributed by atoms with Crippen LogP contribution in [-0.4, -0.2) is 15.5 Å². The molecule has 1 heterocycles. The van der Waals surface area contributed by atoms with Crippen LogP contribution in [0, 0.1) is 0 Å². The van der Waals surface area contributed by atoms with E-state index in [-0.39, 0.29) is 0 Å². The molecule has 1 aromatic heterocycles. The van der Waals surface area contributed by atoms with Crippen molar-refractivity contribution < 1.29 is 0 Å². The zero-order chi connectivity index (χ0) is 9.80. The van der Waals surface area contributed by atoms with Gasteiger partial charge in [0.25, 0.3) is 0 Å². The Hall–Kier alpha value is -1.22. The molecule has 0 radical (unpaired) electrons. The number of hydrogen-bond acceptors (Lipinski definition) is 2. The Morgan fingerprint density at radius 2 is 2.00 bits per heavy atom. The monoisotopic (exact) mass is 204 g/mol. The van der Waals surface area contributed by atoms with Gasteiger partial charge in [-0.1, -0.05) is 12.1 Å². The van der Waals surface area contributed by atoms with Crippen LogP contribution in [0.3, 0.4) is 0 Å². The van der Waals surface area contributed by atoms with Gasteiger partial charge in [0.2, 0.25) is 0 Å². The first-order valence-corrected chi connectivity index (χ1v) is 5.23. The molecule has 0 amide bonds. The van der Waals surface area contributed by atoms with Gasteiger partial charge in [0.1, 0.15) is 0 Å². The van der Waals surface area contributed by atoms with Gasteiger partial charge in [-0.25, -0.2) is 4.68 Å². The van der Waals surface area contributed by atoms with E-state index in [0.717, 1.165) is 17.9 Å². The lowest BCUT2D eigenvalue weighted by molar-refractivity contribution is 0.879. The standard InChI is InChI=1S/C11H12N2S/c14-9-6-10-2-4-11(5-3-10)13-8-1-7-12-13/h1-5,7-8,14H,6,9H2. The van der Waals surface area contributed by atoms with E-state index in [1.54, 1.807) is 6.20 Å². The average molecular weight is 204 g/mol. The van der Waals surface area contributed by atoms with Crippen LogP contribution in [0.2, 0.25) is 0 Å². The topological polar surface area (TPSA) is 17.8 Å². The summed E-state index contributed by atoms with van der Waals surface area (Å²) in [5.41, 5.74) is 2.41. The van der Waals surface area contributed by atoms with E-state index < -0.39 is 0 Å². The first-order chi connectivity index (χ1) is 6.90. The number of hydrogen-bond donors (Lipinski definition) is 1. The first kappa shape index (κ1) is 9.34. The van der Waals surface area contributed by atoms with E-state index in [2.05, 4.69) is 42.0 Å². The molecule has 0 N–H and O–H groups in total. The Bertz CT molecular complexity index is 378. The highest BCUT2D eigenvalue weighted by atomic mass is 32.1.